The van der Waals surface area contributed by atoms with Crippen molar-refractivity contribution in [1.29, 1.82) is 0 Å². The monoisotopic (exact) mass is 338 g/mol. The first kappa shape index (κ1) is 15.6. The van der Waals surface area contributed by atoms with Crippen molar-refractivity contribution in [2.75, 3.05) is 12.0 Å². The number of nitrogens with two attached hydrogens (primary N) is 1. The minimum absolute atomic E-state index is 0.115. The van der Waals surface area contributed by atoms with Crippen molar-refractivity contribution in [2.45, 2.75) is 18.9 Å². The maximum absolute atomic E-state index is 13.0. The predicted octanol–water partition coefficient (Wildman–Crippen LogP) is 1.92. The Balaban J connectivity index is 2.71. The molecule has 0 aliphatic rings. The Bertz CT molecular complexity index is 508. The molecule has 0 aromatic heterocycles. The van der Waals surface area contributed by atoms with E-state index in [0.29, 0.717) is 17.3 Å². The first-order chi connectivity index (χ1) is 8.33. The van der Waals surface area contributed by atoms with E-state index in [0.717, 1.165) is 5.56 Å². The summed E-state index contributed by atoms with van der Waals surface area (Å²) in [6.07, 6.45) is 2.26. The molecular formula is C11H16BrFN2O2S. The van der Waals surface area contributed by atoms with Crippen LogP contribution in [0.3, 0.4) is 0 Å². The minimum atomic E-state index is -2.97. The van der Waals surface area contributed by atoms with Gasteiger partial charge in [0.15, 0.2) is 0 Å². The summed E-state index contributed by atoms with van der Waals surface area (Å²) >= 11 is 3.27. The second-order valence-electron chi connectivity index (χ2n) is 4.16. The molecule has 1 aromatic carbocycles. The quantitative estimate of drug-likeness (QED) is 0.614. The van der Waals surface area contributed by atoms with Gasteiger partial charge in [0, 0.05) is 22.5 Å². The Morgan fingerprint density at radius 2 is 2.17 bits per heavy atom. The maximum Gasteiger partial charge on any atom is 0.147 e. The number of rotatable bonds is 6. The number of sulfone groups is 1. The minimum Gasteiger partial charge on any atom is -0.271 e. The highest BCUT2D eigenvalue weighted by molar-refractivity contribution is 9.10. The molecule has 18 heavy (non-hydrogen) atoms. The summed E-state index contributed by atoms with van der Waals surface area (Å²) < 4.78 is 35.7. The Morgan fingerprint density at radius 3 is 2.67 bits per heavy atom. The maximum atomic E-state index is 13.0. The summed E-state index contributed by atoms with van der Waals surface area (Å²) in [5, 5.41) is 0. The zero-order valence-corrected chi connectivity index (χ0v) is 12.4. The van der Waals surface area contributed by atoms with Gasteiger partial charge in [-0.1, -0.05) is 22.0 Å². The molecule has 0 saturated carbocycles. The van der Waals surface area contributed by atoms with Crippen LogP contribution in [-0.4, -0.2) is 20.4 Å². The molecule has 0 fully saturated rings. The summed E-state index contributed by atoms with van der Waals surface area (Å²) in [5.41, 5.74) is 3.43. The van der Waals surface area contributed by atoms with Crippen LogP contribution < -0.4 is 11.3 Å². The van der Waals surface area contributed by atoms with Gasteiger partial charge in [0.25, 0.3) is 0 Å². The van der Waals surface area contributed by atoms with Gasteiger partial charge < -0.3 is 0 Å². The van der Waals surface area contributed by atoms with E-state index in [1.165, 1.54) is 18.4 Å². The van der Waals surface area contributed by atoms with Gasteiger partial charge in [0.05, 0.1) is 0 Å². The highest BCUT2D eigenvalue weighted by atomic mass is 79.9. The fourth-order valence-corrected chi connectivity index (χ4v) is 2.98. The van der Waals surface area contributed by atoms with Crippen LogP contribution in [0.5, 0.6) is 0 Å². The average molecular weight is 339 g/mol. The first-order valence-corrected chi connectivity index (χ1v) is 8.27. The average Bonchev–Trinajstić information content (AvgIpc) is 2.24. The van der Waals surface area contributed by atoms with E-state index >= 15 is 0 Å². The molecule has 1 aromatic rings. The van der Waals surface area contributed by atoms with Crippen molar-refractivity contribution in [1.82, 2.24) is 5.43 Å². The fraction of sp³-hybridized carbons (Fsp3) is 0.455. The van der Waals surface area contributed by atoms with E-state index in [1.807, 2.05) is 0 Å². The smallest absolute Gasteiger partial charge is 0.147 e. The summed E-state index contributed by atoms with van der Waals surface area (Å²) in [4.78, 5) is 0. The summed E-state index contributed by atoms with van der Waals surface area (Å²) in [5.74, 6) is 5.23. The van der Waals surface area contributed by atoms with E-state index < -0.39 is 9.84 Å². The summed E-state index contributed by atoms with van der Waals surface area (Å²) in [6.45, 7) is 0. The SMILES string of the molecule is CS(=O)(=O)CCCC(NN)c1ccc(F)cc1Br. The van der Waals surface area contributed by atoms with Crippen molar-refractivity contribution in [3.8, 4) is 0 Å². The summed E-state index contributed by atoms with van der Waals surface area (Å²) in [6, 6.07) is 4.13. The second kappa shape index (κ2) is 6.60. The molecule has 4 nitrogen and oxygen atoms in total. The molecule has 0 spiro atoms. The Hall–Kier alpha value is -0.500. The van der Waals surface area contributed by atoms with Crippen molar-refractivity contribution >= 4 is 25.8 Å². The zero-order chi connectivity index (χ0) is 13.8. The lowest BCUT2D eigenvalue weighted by molar-refractivity contribution is 0.504. The van der Waals surface area contributed by atoms with Crippen LogP contribution in [0.2, 0.25) is 0 Å². The van der Waals surface area contributed by atoms with Crippen LogP contribution in [0, 0.1) is 5.82 Å². The molecule has 1 rings (SSSR count). The largest absolute Gasteiger partial charge is 0.271 e. The number of hydrogen-bond donors (Lipinski definition) is 2. The number of benzene rings is 1. The van der Waals surface area contributed by atoms with E-state index in [2.05, 4.69) is 21.4 Å². The highest BCUT2D eigenvalue weighted by Crippen LogP contribution is 2.26. The fourth-order valence-electron chi connectivity index (χ4n) is 1.66. The van der Waals surface area contributed by atoms with Gasteiger partial charge in [-0.3, -0.25) is 11.3 Å². The van der Waals surface area contributed by atoms with Crippen LogP contribution in [0.25, 0.3) is 0 Å². The molecule has 1 unspecified atom stereocenters. The van der Waals surface area contributed by atoms with Crippen LogP contribution >= 0.6 is 15.9 Å². The second-order valence-corrected chi connectivity index (χ2v) is 7.27. The molecule has 0 heterocycles. The van der Waals surface area contributed by atoms with Gasteiger partial charge in [0.2, 0.25) is 0 Å². The molecule has 0 aliphatic heterocycles. The van der Waals surface area contributed by atoms with Gasteiger partial charge in [-0.15, -0.1) is 0 Å². The molecule has 0 bridgehead atoms. The third-order valence-electron chi connectivity index (χ3n) is 2.55. The number of hydrogen-bond acceptors (Lipinski definition) is 4. The molecule has 102 valence electrons. The predicted molar refractivity (Wildman–Crippen MR) is 73.1 cm³/mol. The van der Waals surface area contributed by atoms with Crippen molar-refractivity contribution < 1.29 is 12.8 Å². The van der Waals surface area contributed by atoms with Crippen LogP contribution in [0.1, 0.15) is 24.4 Å². The molecule has 0 saturated heterocycles. The lowest BCUT2D eigenvalue weighted by Gasteiger charge is -2.17. The van der Waals surface area contributed by atoms with Gasteiger partial charge >= 0.3 is 0 Å². The standard InChI is InChI=1S/C11H16BrFN2O2S/c1-18(16,17)6-2-3-11(15-14)9-5-4-8(13)7-10(9)12/h4-5,7,11,15H,2-3,6,14H2,1H3. The van der Waals surface area contributed by atoms with Crippen molar-refractivity contribution in [2.24, 2.45) is 5.84 Å². The Morgan fingerprint density at radius 1 is 1.50 bits per heavy atom. The lowest BCUT2D eigenvalue weighted by Crippen LogP contribution is -2.28. The van der Waals surface area contributed by atoms with E-state index in [1.54, 1.807) is 6.07 Å². The molecule has 0 radical (unpaired) electrons. The van der Waals surface area contributed by atoms with Crippen LogP contribution in [-0.2, 0) is 9.84 Å². The Labute approximate surface area is 115 Å². The first-order valence-electron chi connectivity index (χ1n) is 5.42. The van der Waals surface area contributed by atoms with Gasteiger partial charge in [-0.05, 0) is 30.5 Å². The van der Waals surface area contributed by atoms with Crippen molar-refractivity contribution in [3.05, 3.63) is 34.1 Å². The number of hydrazine groups is 1. The summed E-state index contributed by atoms with van der Waals surface area (Å²) in [7, 11) is -2.97. The van der Waals surface area contributed by atoms with E-state index in [9.17, 15) is 12.8 Å². The molecular weight excluding hydrogens is 323 g/mol. The molecule has 0 amide bonds. The van der Waals surface area contributed by atoms with Gasteiger partial charge in [-0.25, -0.2) is 12.8 Å². The normalized spacial score (nSPS) is 13.6. The van der Waals surface area contributed by atoms with Crippen LogP contribution in [0.15, 0.2) is 22.7 Å². The highest BCUT2D eigenvalue weighted by Gasteiger charge is 2.14. The topological polar surface area (TPSA) is 72.2 Å². The number of halogens is 2. The van der Waals surface area contributed by atoms with Crippen molar-refractivity contribution in [3.63, 3.8) is 0 Å². The van der Waals surface area contributed by atoms with E-state index in [-0.39, 0.29) is 17.6 Å². The van der Waals surface area contributed by atoms with Gasteiger partial charge in [-0.2, -0.15) is 0 Å². The van der Waals surface area contributed by atoms with Gasteiger partial charge in [0.1, 0.15) is 15.7 Å². The number of nitrogens with one attached hydrogen (secondary N) is 1. The lowest BCUT2D eigenvalue weighted by atomic mass is 10.0. The molecule has 7 heteroatoms. The third-order valence-corrected chi connectivity index (χ3v) is 4.26. The zero-order valence-electron chi connectivity index (χ0n) is 9.99. The molecule has 1 atom stereocenters. The molecule has 3 N–H and O–H groups in total. The molecule has 0 aliphatic carbocycles. The third kappa shape index (κ3) is 5.01. The Kier molecular flexibility index (Phi) is 5.71. The van der Waals surface area contributed by atoms with E-state index in [4.69, 9.17) is 5.84 Å². The van der Waals surface area contributed by atoms with Crippen LogP contribution in [0.4, 0.5) is 4.39 Å².